The van der Waals surface area contributed by atoms with Gasteiger partial charge in [0.05, 0.1) is 5.54 Å². The van der Waals surface area contributed by atoms with Crippen LogP contribution < -0.4 is 5.73 Å². The predicted molar refractivity (Wildman–Crippen MR) is 77.1 cm³/mol. The number of hydrogen-bond acceptors (Lipinski definition) is 5. The Hall–Kier alpha value is -0.940. The van der Waals surface area contributed by atoms with E-state index in [0.29, 0.717) is 24.2 Å². The molecule has 3 unspecified atom stereocenters. The monoisotopic (exact) mass is 281 g/mol. The molecule has 20 heavy (non-hydrogen) atoms. The van der Waals surface area contributed by atoms with Gasteiger partial charge in [-0.2, -0.15) is 4.98 Å². The van der Waals surface area contributed by atoms with E-state index in [9.17, 15) is 0 Å². The Kier molecular flexibility index (Phi) is 4.49. The Labute approximate surface area is 121 Å². The van der Waals surface area contributed by atoms with Crippen molar-refractivity contribution < 1.29 is 9.26 Å². The summed E-state index contributed by atoms with van der Waals surface area (Å²) >= 11 is 0. The lowest BCUT2D eigenvalue weighted by molar-refractivity contribution is -0.0891. The fourth-order valence-corrected chi connectivity index (χ4v) is 2.97. The fraction of sp³-hybridized carbons (Fsp3) is 0.867. The van der Waals surface area contributed by atoms with E-state index in [1.807, 2.05) is 20.8 Å². The van der Waals surface area contributed by atoms with E-state index < -0.39 is 11.1 Å². The first-order chi connectivity index (χ1) is 9.43. The van der Waals surface area contributed by atoms with Crippen molar-refractivity contribution in [2.75, 3.05) is 6.61 Å². The van der Waals surface area contributed by atoms with Crippen LogP contribution in [0.2, 0.25) is 0 Å². The van der Waals surface area contributed by atoms with Gasteiger partial charge in [0.2, 0.25) is 11.7 Å². The van der Waals surface area contributed by atoms with Gasteiger partial charge in [-0.25, -0.2) is 0 Å². The third kappa shape index (κ3) is 2.88. The second kappa shape index (κ2) is 5.82. The van der Waals surface area contributed by atoms with Crippen molar-refractivity contribution >= 4 is 0 Å². The molecule has 0 bridgehead atoms. The molecule has 1 aromatic rings. The number of nitrogens with two attached hydrogens (primary N) is 1. The number of rotatable bonds is 5. The quantitative estimate of drug-likeness (QED) is 0.897. The van der Waals surface area contributed by atoms with Gasteiger partial charge < -0.3 is 15.0 Å². The normalized spacial score (nSPS) is 30.1. The van der Waals surface area contributed by atoms with E-state index >= 15 is 0 Å². The van der Waals surface area contributed by atoms with Gasteiger partial charge in [-0.1, -0.05) is 25.4 Å². The van der Waals surface area contributed by atoms with Crippen LogP contribution in [0.3, 0.4) is 0 Å². The van der Waals surface area contributed by atoms with Gasteiger partial charge in [-0.15, -0.1) is 0 Å². The van der Waals surface area contributed by atoms with Gasteiger partial charge in [0.25, 0.3) is 0 Å². The van der Waals surface area contributed by atoms with Crippen LogP contribution >= 0.6 is 0 Å². The van der Waals surface area contributed by atoms with Crippen LogP contribution in [0.25, 0.3) is 0 Å². The average Bonchev–Trinajstić information content (AvgIpc) is 2.90. The molecule has 5 nitrogen and oxygen atoms in total. The highest BCUT2D eigenvalue weighted by molar-refractivity contribution is 5.08. The summed E-state index contributed by atoms with van der Waals surface area (Å²) < 4.78 is 11.5. The van der Waals surface area contributed by atoms with E-state index in [1.54, 1.807) is 0 Å². The van der Waals surface area contributed by atoms with Crippen molar-refractivity contribution in [2.24, 2.45) is 11.7 Å². The SMILES string of the molecule is CCOC1(c2noc(C(C)(N)CC)n2)CCCC(C)C1. The number of nitrogens with zero attached hydrogens (tertiary/aromatic N) is 2. The van der Waals surface area contributed by atoms with E-state index in [4.69, 9.17) is 15.0 Å². The van der Waals surface area contributed by atoms with Crippen molar-refractivity contribution in [1.29, 1.82) is 0 Å². The molecule has 1 aliphatic rings. The zero-order valence-electron chi connectivity index (χ0n) is 13.1. The fourth-order valence-electron chi connectivity index (χ4n) is 2.97. The Morgan fingerprint density at radius 2 is 2.25 bits per heavy atom. The Morgan fingerprint density at radius 1 is 1.50 bits per heavy atom. The maximum atomic E-state index is 6.19. The molecule has 114 valence electrons. The van der Waals surface area contributed by atoms with Gasteiger partial charge in [0.1, 0.15) is 5.60 Å². The first-order valence-electron chi connectivity index (χ1n) is 7.71. The lowest BCUT2D eigenvalue weighted by Gasteiger charge is -2.37. The minimum atomic E-state index is -0.570. The minimum absolute atomic E-state index is 0.391. The summed E-state index contributed by atoms with van der Waals surface area (Å²) in [6.45, 7) is 8.87. The third-order valence-electron chi connectivity index (χ3n) is 4.43. The molecule has 1 saturated carbocycles. The van der Waals surface area contributed by atoms with Gasteiger partial charge in [-0.3, -0.25) is 0 Å². The molecule has 0 amide bonds. The van der Waals surface area contributed by atoms with Crippen LogP contribution in [-0.4, -0.2) is 16.7 Å². The molecule has 5 heteroatoms. The predicted octanol–water partition coefficient (Wildman–Crippen LogP) is 3.10. The highest BCUT2D eigenvalue weighted by Crippen LogP contribution is 2.42. The second-order valence-corrected chi connectivity index (χ2v) is 6.32. The van der Waals surface area contributed by atoms with Gasteiger partial charge in [0, 0.05) is 6.61 Å². The Morgan fingerprint density at radius 3 is 2.85 bits per heavy atom. The zero-order chi connectivity index (χ0) is 14.8. The molecule has 2 N–H and O–H groups in total. The summed E-state index contributed by atoms with van der Waals surface area (Å²) in [6.07, 6.45) is 5.04. The highest BCUT2D eigenvalue weighted by Gasteiger charge is 2.42. The molecule has 1 heterocycles. The number of hydrogen-bond donors (Lipinski definition) is 1. The maximum absolute atomic E-state index is 6.19. The first kappa shape index (κ1) is 15.4. The van der Waals surface area contributed by atoms with Crippen LogP contribution in [0.1, 0.15) is 71.5 Å². The first-order valence-corrected chi connectivity index (χ1v) is 7.71. The van der Waals surface area contributed by atoms with Crippen LogP contribution in [0.15, 0.2) is 4.52 Å². The molecular formula is C15H27N3O2. The second-order valence-electron chi connectivity index (χ2n) is 6.32. The van der Waals surface area contributed by atoms with Crippen molar-refractivity contribution in [2.45, 2.75) is 70.9 Å². The van der Waals surface area contributed by atoms with Crippen LogP contribution in [0.4, 0.5) is 0 Å². The molecule has 0 aliphatic heterocycles. The lowest BCUT2D eigenvalue weighted by atomic mass is 9.78. The van der Waals surface area contributed by atoms with Crippen molar-refractivity contribution in [3.63, 3.8) is 0 Å². The minimum Gasteiger partial charge on any atom is -0.367 e. The van der Waals surface area contributed by atoms with Crippen molar-refractivity contribution in [3.05, 3.63) is 11.7 Å². The zero-order valence-corrected chi connectivity index (χ0v) is 13.1. The molecule has 0 aromatic carbocycles. The summed E-state index contributed by atoms with van der Waals surface area (Å²) in [5.74, 6) is 1.80. The van der Waals surface area contributed by atoms with E-state index in [0.717, 1.165) is 25.7 Å². The van der Waals surface area contributed by atoms with Gasteiger partial charge in [-0.05, 0) is 45.4 Å². The molecular weight excluding hydrogens is 254 g/mol. The topological polar surface area (TPSA) is 74.2 Å². The largest absolute Gasteiger partial charge is 0.367 e. The summed E-state index contributed by atoms with van der Waals surface area (Å²) in [7, 11) is 0. The molecule has 0 saturated heterocycles. The Balaban J connectivity index is 2.31. The van der Waals surface area contributed by atoms with Crippen molar-refractivity contribution in [3.8, 4) is 0 Å². The molecule has 1 aromatic heterocycles. The average molecular weight is 281 g/mol. The van der Waals surface area contributed by atoms with Crippen LogP contribution in [-0.2, 0) is 15.9 Å². The third-order valence-corrected chi connectivity index (χ3v) is 4.43. The summed E-state index contributed by atoms with van der Waals surface area (Å²) in [4.78, 5) is 4.57. The molecule has 1 fully saturated rings. The summed E-state index contributed by atoms with van der Waals surface area (Å²) in [6, 6.07) is 0. The molecule has 2 rings (SSSR count). The van der Waals surface area contributed by atoms with Gasteiger partial charge >= 0.3 is 0 Å². The molecule has 0 radical (unpaired) electrons. The lowest BCUT2D eigenvalue weighted by Crippen LogP contribution is -2.37. The smallest absolute Gasteiger partial charge is 0.246 e. The molecule has 0 spiro atoms. The van der Waals surface area contributed by atoms with E-state index in [1.165, 1.54) is 6.42 Å². The Bertz CT molecular complexity index is 440. The number of aromatic nitrogens is 2. The standard InChI is InChI=1S/C15H27N3O2/c1-5-14(4,16)13-17-12(18-20-13)15(19-6-2)9-7-8-11(3)10-15/h11H,5-10,16H2,1-4H3. The van der Waals surface area contributed by atoms with Crippen molar-refractivity contribution in [1.82, 2.24) is 10.1 Å². The highest BCUT2D eigenvalue weighted by atomic mass is 16.5. The van der Waals surface area contributed by atoms with E-state index in [2.05, 4.69) is 17.1 Å². The summed E-state index contributed by atoms with van der Waals surface area (Å²) in [5.41, 5.74) is 5.23. The van der Waals surface area contributed by atoms with E-state index in [-0.39, 0.29) is 0 Å². The van der Waals surface area contributed by atoms with Crippen LogP contribution in [0, 0.1) is 5.92 Å². The van der Waals surface area contributed by atoms with Gasteiger partial charge in [0.15, 0.2) is 0 Å². The maximum Gasteiger partial charge on any atom is 0.246 e. The number of ether oxygens (including phenoxy) is 1. The summed E-state index contributed by atoms with van der Waals surface area (Å²) in [5, 5.41) is 4.19. The molecule has 1 aliphatic carbocycles. The van der Waals surface area contributed by atoms with Crippen LogP contribution in [0.5, 0.6) is 0 Å². The molecule has 3 atom stereocenters.